The van der Waals surface area contributed by atoms with E-state index >= 15 is 0 Å². The van der Waals surface area contributed by atoms with Crippen molar-refractivity contribution in [2.24, 2.45) is 0 Å². The minimum Gasteiger partial charge on any atom is -0.310 e. The second-order valence-corrected chi connectivity index (χ2v) is 19.4. The molecule has 0 radical (unpaired) electrons. The monoisotopic (exact) mass is 897 g/mol. The van der Waals surface area contributed by atoms with Gasteiger partial charge in [-0.2, -0.15) is 0 Å². The van der Waals surface area contributed by atoms with Crippen LogP contribution in [0.1, 0.15) is 45.7 Å². The van der Waals surface area contributed by atoms with Crippen molar-refractivity contribution in [2.45, 2.75) is 17.8 Å². The molecule has 11 aromatic rings. The molecule has 0 N–H and O–H groups in total. The summed E-state index contributed by atoms with van der Waals surface area (Å²) in [6, 6.07) is 92.1. The topological polar surface area (TPSA) is 3.24 Å². The molecule has 10 aromatic carbocycles. The predicted octanol–water partition coefficient (Wildman–Crippen LogP) is 18.3. The average Bonchev–Trinajstić information content (AvgIpc) is 3.95. The van der Waals surface area contributed by atoms with Crippen molar-refractivity contribution in [2.75, 3.05) is 4.90 Å². The van der Waals surface area contributed by atoms with E-state index in [1.807, 2.05) is 11.3 Å². The highest BCUT2D eigenvalue weighted by atomic mass is 32.1. The molecular formula is C67H47NS. The standard InChI is InChI=1S/C67H47NS/c1-4-20-46(21-5-1)48-23-19-29-54(43-48)68(64-36-16-12-31-56(64)51-38-40-59-58-33-13-17-37-65(58)69-66(59)45-51)63-35-15-11-30-55(63)50-24-18-22-47(42-50)49-39-41-62-60(44-49)57-32-10-14-34-61(57)67(62,52-25-6-2-7-26-52)53-27-8-3-9-28-53/h1-41,43-45,50H,42H2. The van der Waals surface area contributed by atoms with Crippen LogP contribution in [-0.2, 0) is 5.41 Å². The Bertz CT molecular complexity index is 3730. The lowest BCUT2D eigenvalue weighted by molar-refractivity contribution is 0.768. The molecule has 326 valence electrons. The molecule has 1 unspecified atom stereocenters. The van der Waals surface area contributed by atoms with Crippen LogP contribution in [0.15, 0.2) is 267 Å². The third kappa shape index (κ3) is 6.90. The molecule has 1 atom stereocenters. The molecule has 2 aliphatic rings. The summed E-state index contributed by atoms with van der Waals surface area (Å²) in [7, 11) is 0. The fourth-order valence-electron chi connectivity index (χ4n) is 11.4. The van der Waals surface area contributed by atoms with Gasteiger partial charge in [0.05, 0.1) is 11.1 Å². The first-order valence-electron chi connectivity index (χ1n) is 24.0. The smallest absolute Gasteiger partial charge is 0.0713 e. The minimum absolute atomic E-state index is 0.135. The zero-order valence-corrected chi connectivity index (χ0v) is 38.9. The summed E-state index contributed by atoms with van der Waals surface area (Å²) in [5.74, 6) is 0.135. The Hall–Kier alpha value is -8.30. The maximum Gasteiger partial charge on any atom is 0.0713 e. The van der Waals surface area contributed by atoms with Crippen molar-refractivity contribution in [3.63, 3.8) is 0 Å². The van der Waals surface area contributed by atoms with Crippen LogP contribution in [-0.4, -0.2) is 0 Å². The highest BCUT2D eigenvalue weighted by molar-refractivity contribution is 7.25. The van der Waals surface area contributed by atoms with Gasteiger partial charge in [-0.1, -0.05) is 224 Å². The van der Waals surface area contributed by atoms with Gasteiger partial charge in [0.25, 0.3) is 0 Å². The molecule has 0 amide bonds. The Kier molecular flexibility index (Phi) is 10.1. The summed E-state index contributed by atoms with van der Waals surface area (Å²) in [5, 5.41) is 2.62. The molecular weight excluding hydrogens is 851 g/mol. The maximum atomic E-state index is 2.51. The first-order chi connectivity index (χ1) is 34.2. The van der Waals surface area contributed by atoms with E-state index in [-0.39, 0.29) is 5.92 Å². The second-order valence-electron chi connectivity index (χ2n) is 18.3. The Morgan fingerprint density at radius 2 is 1.03 bits per heavy atom. The molecule has 2 heteroatoms. The molecule has 0 bridgehead atoms. The number of hydrogen-bond acceptors (Lipinski definition) is 2. The van der Waals surface area contributed by atoms with Gasteiger partial charge in [-0.05, 0) is 116 Å². The number of thiophene rings is 1. The zero-order chi connectivity index (χ0) is 45.7. The summed E-state index contributed by atoms with van der Waals surface area (Å²) in [4.78, 5) is 2.51. The number of allylic oxidation sites excluding steroid dienone is 4. The zero-order valence-electron chi connectivity index (χ0n) is 38.0. The lowest BCUT2D eigenvalue weighted by Gasteiger charge is -2.34. The van der Waals surface area contributed by atoms with Crippen molar-refractivity contribution < 1.29 is 0 Å². The highest BCUT2D eigenvalue weighted by Gasteiger charge is 2.46. The molecule has 1 nitrogen and oxygen atoms in total. The summed E-state index contributed by atoms with van der Waals surface area (Å²) in [6.45, 7) is 0. The molecule has 0 saturated carbocycles. The summed E-state index contributed by atoms with van der Waals surface area (Å²) < 4.78 is 2.62. The Morgan fingerprint density at radius 1 is 0.406 bits per heavy atom. The fourth-order valence-corrected chi connectivity index (χ4v) is 12.6. The van der Waals surface area contributed by atoms with E-state index < -0.39 is 5.41 Å². The molecule has 69 heavy (non-hydrogen) atoms. The minimum atomic E-state index is -0.420. The van der Waals surface area contributed by atoms with E-state index in [9.17, 15) is 0 Å². The van der Waals surface area contributed by atoms with Crippen molar-refractivity contribution in [1.82, 2.24) is 0 Å². The number of fused-ring (bicyclic) bond motifs is 6. The lowest BCUT2D eigenvalue weighted by atomic mass is 9.67. The van der Waals surface area contributed by atoms with E-state index in [0.29, 0.717) is 0 Å². The van der Waals surface area contributed by atoms with Crippen molar-refractivity contribution in [1.29, 1.82) is 0 Å². The molecule has 0 spiro atoms. The lowest BCUT2D eigenvalue weighted by Crippen LogP contribution is -2.28. The maximum absolute atomic E-state index is 2.51. The van der Waals surface area contributed by atoms with Gasteiger partial charge in [0.2, 0.25) is 0 Å². The van der Waals surface area contributed by atoms with Crippen LogP contribution < -0.4 is 4.90 Å². The Labute approximate surface area is 408 Å². The largest absolute Gasteiger partial charge is 0.310 e. The van der Waals surface area contributed by atoms with Crippen LogP contribution in [0.3, 0.4) is 0 Å². The number of nitrogens with zero attached hydrogens (tertiary/aromatic N) is 1. The van der Waals surface area contributed by atoms with Crippen LogP contribution in [0.4, 0.5) is 17.1 Å². The fraction of sp³-hybridized carbons (Fsp3) is 0.0448. The van der Waals surface area contributed by atoms with Crippen molar-refractivity contribution >= 4 is 54.1 Å². The van der Waals surface area contributed by atoms with Gasteiger partial charge < -0.3 is 4.90 Å². The summed E-state index contributed by atoms with van der Waals surface area (Å²) in [5.41, 5.74) is 19.5. The SMILES string of the molecule is C1=CC(c2ccccc2N(c2cccc(-c3ccccc3)c2)c2ccccc2-c2ccc3c(c2)sc2ccccc23)CC(c2ccc3c(c2)-c2ccccc2C3(c2ccccc2)c2ccccc2)=C1. The molecule has 1 aromatic heterocycles. The van der Waals surface area contributed by atoms with Gasteiger partial charge in [-0.25, -0.2) is 0 Å². The van der Waals surface area contributed by atoms with Crippen LogP contribution in [0.5, 0.6) is 0 Å². The molecule has 0 fully saturated rings. The number of rotatable bonds is 9. The molecule has 0 aliphatic heterocycles. The van der Waals surface area contributed by atoms with E-state index in [0.717, 1.165) is 17.8 Å². The van der Waals surface area contributed by atoms with Gasteiger partial charge in [-0.15, -0.1) is 11.3 Å². The quantitative estimate of drug-likeness (QED) is 0.140. The van der Waals surface area contributed by atoms with Gasteiger partial charge in [-0.3, -0.25) is 0 Å². The highest BCUT2D eigenvalue weighted by Crippen LogP contribution is 2.57. The van der Waals surface area contributed by atoms with Crippen LogP contribution >= 0.6 is 11.3 Å². The number of anilines is 3. The second kappa shape index (κ2) is 17.1. The molecule has 1 heterocycles. The Morgan fingerprint density at radius 3 is 1.84 bits per heavy atom. The van der Waals surface area contributed by atoms with Crippen molar-refractivity contribution in [3.05, 3.63) is 300 Å². The number of hydrogen-bond donors (Lipinski definition) is 0. The van der Waals surface area contributed by atoms with Crippen LogP contribution in [0.2, 0.25) is 0 Å². The number of para-hydroxylation sites is 2. The average molecular weight is 898 g/mol. The van der Waals surface area contributed by atoms with Crippen molar-refractivity contribution in [3.8, 4) is 33.4 Å². The van der Waals surface area contributed by atoms with Gasteiger partial charge in [0, 0.05) is 43.0 Å². The molecule has 2 aliphatic carbocycles. The first-order valence-corrected chi connectivity index (χ1v) is 24.8. The van der Waals surface area contributed by atoms with Gasteiger partial charge in [0.1, 0.15) is 0 Å². The molecule has 13 rings (SSSR count). The normalized spacial score (nSPS) is 14.6. The van der Waals surface area contributed by atoms with Crippen LogP contribution in [0.25, 0.3) is 59.1 Å². The predicted molar refractivity (Wildman–Crippen MR) is 293 cm³/mol. The van der Waals surface area contributed by atoms with E-state index in [2.05, 4.69) is 272 Å². The summed E-state index contributed by atoms with van der Waals surface area (Å²) in [6.07, 6.45) is 7.90. The van der Waals surface area contributed by atoms with Crippen LogP contribution in [0, 0.1) is 0 Å². The number of benzene rings is 10. The first kappa shape index (κ1) is 40.9. The third-order valence-corrected chi connectivity index (χ3v) is 15.7. The van der Waals surface area contributed by atoms with E-state index in [1.54, 1.807) is 0 Å². The van der Waals surface area contributed by atoms with E-state index in [1.165, 1.54) is 98.2 Å². The summed E-state index contributed by atoms with van der Waals surface area (Å²) >= 11 is 1.87. The van der Waals surface area contributed by atoms with Gasteiger partial charge >= 0.3 is 0 Å². The van der Waals surface area contributed by atoms with E-state index in [4.69, 9.17) is 0 Å². The Balaban J connectivity index is 0.923. The van der Waals surface area contributed by atoms with Gasteiger partial charge in [0.15, 0.2) is 0 Å². The molecule has 0 saturated heterocycles. The third-order valence-electron chi connectivity index (χ3n) is 14.5.